The molecule has 0 bridgehead atoms. The highest BCUT2D eigenvalue weighted by Crippen LogP contribution is 2.34. The Morgan fingerprint density at radius 3 is 1.26 bits per heavy atom. The van der Waals surface area contributed by atoms with Crippen molar-refractivity contribution in [3.05, 3.63) is 129 Å². The summed E-state index contributed by atoms with van der Waals surface area (Å²) in [7, 11) is 0. The maximum absolute atomic E-state index is 13.0. The zero-order chi connectivity index (χ0) is 47.9. The summed E-state index contributed by atoms with van der Waals surface area (Å²) in [5.74, 6) is 11.4. The number of morpholine rings is 2. The first-order valence-electron chi connectivity index (χ1n) is 21.8. The number of para-hydroxylation sites is 2. The molecule has 4 amide bonds. The third-order valence-electron chi connectivity index (χ3n) is 10.8. The second-order valence-corrected chi connectivity index (χ2v) is 16.8. The number of carbonyl (C=O) groups excluding carboxylic acids is 6. The summed E-state index contributed by atoms with van der Waals surface area (Å²) in [6, 6.07) is 26.2. The van der Waals surface area contributed by atoms with Gasteiger partial charge in [-0.2, -0.15) is 0 Å². The molecule has 2 aliphatic rings. The van der Waals surface area contributed by atoms with Gasteiger partial charge in [0.25, 0.3) is 0 Å². The van der Waals surface area contributed by atoms with Gasteiger partial charge in [-0.25, -0.2) is 0 Å². The Morgan fingerprint density at radius 2 is 0.939 bits per heavy atom. The number of ketones is 2. The number of nitrogens with zero attached hydrogens (tertiary/aromatic N) is 2. The zero-order valence-corrected chi connectivity index (χ0v) is 39.4. The van der Waals surface area contributed by atoms with Gasteiger partial charge in [0.1, 0.15) is 37.5 Å². The molecule has 6 rings (SSSR count). The number of ether oxygens (including phenoxy) is 2. The van der Waals surface area contributed by atoms with Gasteiger partial charge in [0.05, 0.1) is 23.5 Å². The molecule has 4 aromatic carbocycles. The SMILES string of the molecule is CCC[C@@H](C(C)=O)N1C(=O)CO[C@H](c2ccc(Cl)cc2)[C@@H]1C#Cc1ccccc1NC(C)=O.CCC[C@H](C(C)=O)N1C(=O)CO[C@@H](c2ccc(Cl)cc2)[C@H]1C#Cc1ccccc1NC(C)=O. The van der Waals surface area contributed by atoms with Crippen molar-refractivity contribution in [1.29, 1.82) is 0 Å². The van der Waals surface area contributed by atoms with Gasteiger partial charge in [-0.15, -0.1) is 0 Å². The lowest BCUT2D eigenvalue weighted by molar-refractivity contribution is -0.161. The summed E-state index contributed by atoms with van der Waals surface area (Å²) in [5, 5.41) is 6.71. The summed E-state index contributed by atoms with van der Waals surface area (Å²) in [6.07, 6.45) is 1.44. The van der Waals surface area contributed by atoms with Crippen LogP contribution in [0.4, 0.5) is 11.4 Å². The van der Waals surface area contributed by atoms with E-state index in [4.69, 9.17) is 32.7 Å². The van der Waals surface area contributed by atoms with Crippen molar-refractivity contribution in [2.75, 3.05) is 23.8 Å². The third kappa shape index (κ3) is 13.4. The molecule has 66 heavy (non-hydrogen) atoms. The second-order valence-electron chi connectivity index (χ2n) is 15.9. The molecule has 2 fully saturated rings. The molecular formula is C52H54Cl2N4O8. The number of Topliss-reactive ketones (excluding diaryl/α,β-unsaturated/α-hetero) is 2. The molecule has 14 heteroatoms. The van der Waals surface area contributed by atoms with E-state index in [9.17, 15) is 28.8 Å². The van der Waals surface area contributed by atoms with E-state index in [1.165, 1.54) is 27.7 Å². The Kier molecular flexibility index (Phi) is 18.7. The smallest absolute Gasteiger partial charge is 0.250 e. The molecule has 0 aliphatic carbocycles. The van der Waals surface area contributed by atoms with Crippen LogP contribution in [0.2, 0.25) is 10.0 Å². The number of rotatable bonds is 12. The van der Waals surface area contributed by atoms with Crippen molar-refractivity contribution in [1.82, 2.24) is 9.80 Å². The van der Waals surface area contributed by atoms with Crippen molar-refractivity contribution in [2.45, 2.75) is 104 Å². The number of nitrogens with one attached hydrogen (secondary N) is 2. The van der Waals surface area contributed by atoms with Crippen LogP contribution < -0.4 is 10.6 Å². The van der Waals surface area contributed by atoms with Crippen molar-refractivity contribution in [3.63, 3.8) is 0 Å². The average Bonchev–Trinajstić information content (AvgIpc) is 3.28. The summed E-state index contributed by atoms with van der Waals surface area (Å²) in [6.45, 7) is 9.53. The van der Waals surface area contributed by atoms with Gasteiger partial charge < -0.3 is 29.9 Å². The van der Waals surface area contributed by atoms with Gasteiger partial charge in [0.15, 0.2) is 11.6 Å². The highest BCUT2D eigenvalue weighted by molar-refractivity contribution is 6.30. The van der Waals surface area contributed by atoms with Gasteiger partial charge in [0, 0.05) is 35.0 Å². The van der Waals surface area contributed by atoms with E-state index in [-0.39, 0.29) is 48.4 Å². The van der Waals surface area contributed by atoms with Crippen molar-refractivity contribution in [3.8, 4) is 23.7 Å². The quantitative estimate of drug-likeness (QED) is 0.134. The average molecular weight is 934 g/mol. The molecule has 2 heterocycles. The van der Waals surface area contributed by atoms with Gasteiger partial charge in [-0.1, -0.05) is 122 Å². The molecule has 2 saturated heterocycles. The Labute approximate surface area is 396 Å². The van der Waals surface area contributed by atoms with E-state index in [0.717, 1.165) is 24.0 Å². The van der Waals surface area contributed by atoms with E-state index >= 15 is 0 Å². The first kappa shape index (κ1) is 50.7. The van der Waals surface area contributed by atoms with Crippen LogP contribution in [0.25, 0.3) is 0 Å². The van der Waals surface area contributed by atoms with Gasteiger partial charge in [-0.3, -0.25) is 28.8 Å². The normalized spacial score (nSPS) is 18.8. The van der Waals surface area contributed by atoms with Crippen LogP contribution in [0.15, 0.2) is 97.1 Å². The number of halogens is 2. The first-order chi connectivity index (χ1) is 31.6. The Morgan fingerprint density at radius 1 is 0.591 bits per heavy atom. The van der Waals surface area contributed by atoms with Crippen molar-refractivity contribution in [2.24, 2.45) is 0 Å². The molecule has 0 saturated carbocycles. The number of carbonyl (C=O) groups is 6. The number of amides is 4. The van der Waals surface area contributed by atoms with E-state index in [0.29, 0.717) is 45.4 Å². The molecule has 6 atom stereocenters. The minimum absolute atomic E-state index is 0.0904. The van der Waals surface area contributed by atoms with Gasteiger partial charge >= 0.3 is 0 Å². The summed E-state index contributed by atoms with van der Waals surface area (Å²) in [4.78, 5) is 77.3. The minimum Gasteiger partial charge on any atom is -0.360 e. The molecule has 4 aromatic rings. The Balaban J connectivity index is 0.000000247. The second kappa shape index (κ2) is 24.3. The first-order valence-corrected chi connectivity index (χ1v) is 22.5. The lowest BCUT2D eigenvalue weighted by Gasteiger charge is -2.42. The fraction of sp³-hybridized carbons (Fsp3) is 0.346. The predicted octanol–water partition coefficient (Wildman–Crippen LogP) is 8.75. The number of hydrogen-bond acceptors (Lipinski definition) is 8. The van der Waals surface area contributed by atoms with Crippen LogP contribution in [0.3, 0.4) is 0 Å². The predicted molar refractivity (Wildman–Crippen MR) is 256 cm³/mol. The van der Waals surface area contributed by atoms with E-state index in [1.54, 1.807) is 70.5 Å². The topological polar surface area (TPSA) is 151 Å². The van der Waals surface area contributed by atoms with E-state index in [2.05, 4.69) is 34.3 Å². The Hall–Kier alpha value is -6.28. The number of anilines is 2. The van der Waals surface area contributed by atoms with Gasteiger partial charge in [-0.05, 0) is 86.3 Å². The lowest BCUT2D eigenvalue weighted by Crippen LogP contribution is -2.56. The minimum atomic E-state index is -0.696. The van der Waals surface area contributed by atoms with Crippen LogP contribution in [0, 0.1) is 23.7 Å². The molecule has 2 aliphatic heterocycles. The lowest BCUT2D eigenvalue weighted by atomic mass is 9.95. The highest BCUT2D eigenvalue weighted by Gasteiger charge is 2.43. The summed E-state index contributed by atoms with van der Waals surface area (Å²) >= 11 is 12.1. The van der Waals surface area contributed by atoms with Crippen LogP contribution in [-0.2, 0) is 38.2 Å². The maximum atomic E-state index is 13.0. The van der Waals surface area contributed by atoms with Crippen LogP contribution in [0.1, 0.15) is 102 Å². The van der Waals surface area contributed by atoms with Crippen molar-refractivity contribution >= 4 is 69.8 Å². The fourth-order valence-electron chi connectivity index (χ4n) is 7.85. The molecule has 0 aromatic heterocycles. The molecule has 344 valence electrons. The molecule has 2 N–H and O–H groups in total. The molecular weight excluding hydrogens is 879 g/mol. The molecule has 12 nitrogen and oxygen atoms in total. The van der Waals surface area contributed by atoms with Gasteiger partial charge in [0.2, 0.25) is 23.6 Å². The summed E-state index contributed by atoms with van der Waals surface area (Å²) in [5.41, 5.74) is 3.99. The van der Waals surface area contributed by atoms with E-state index < -0.39 is 36.4 Å². The van der Waals surface area contributed by atoms with Crippen LogP contribution >= 0.6 is 23.2 Å². The molecule has 0 spiro atoms. The van der Waals surface area contributed by atoms with E-state index in [1.807, 2.05) is 50.2 Å². The third-order valence-corrected chi connectivity index (χ3v) is 11.3. The zero-order valence-electron chi connectivity index (χ0n) is 37.9. The monoisotopic (exact) mass is 932 g/mol. The Bertz CT molecular complexity index is 2350. The maximum Gasteiger partial charge on any atom is 0.250 e. The molecule has 0 radical (unpaired) electrons. The van der Waals surface area contributed by atoms with Crippen LogP contribution in [0.5, 0.6) is 0 Å². The highest BCUT2D eigenvalue weighted by atomic mass is 35.5. The standard InChI is InChI=1S/2C26H27ClN2O4/c2*1-4-7-23(17(2)30)29-24(15-12-19-8-5-6-9-22(19)28-18(3)31)26(33-16-25(29)32)20-10-13-21(27)14-11-20/h2*5-6,8-11,13-14,23-24,26H,4,7,16H2,1-3H3,(H,28,31)/t2*23-,24-,26+/m10/s1. The largest absolute Gasteiger partial charge is 0.360 e. The molecule has 0 unspecified atom stereocenters. The van der Waals surface area contributed by atoms with Crippen LogP contribution in [-0.4, -0.2) is 82.4 Å². The fourth-order valence-corrected chi connectivity index (χ4v) is 8.10. The summed E-state index contributed by atoms with van der Waals surface area (Å²) < 4.78 is 11.9. The van der Waals surface area contributed by atoms with Crippen molar-refractivity contribution < 1.29 is 38.2 Å². The number of benzene rings is 4. The number of hydrogen-bond donors (Lipinski definition) is 2.